The van der Waals surface area contributed by atoms with Crippen LogP contribution in [-0.4, -0.2) is 93.2 Å². The molecule has 0 spiro atoms. The molecule has 0 bridgehead atoms. The van der Waals surface area contributed by atoms with Crippen LogP contribution >= 0.6 is 0 Å². The van der Waals surface area contributed by atoms with Crippen molar-refractivity contribution in [2.75, 3.05) is 51.5 Å². The molecule has 250 valence electrons. The van der Waals surface area contributed by atoms with Gasteiger partial charge in [-0.3, -0.25) is 4.79 Å². The molecule has 0 saturated carbocycles. The molecule has 0 unspecified atom stereocenters. The van der Waals surface area contributed by atoms with E-state index >= 15 is 0 Å². The topological polar surface area (TPSA) is 115 Å². The number of imidazole rings is 1. The molecule has 2 atom stereocenters. The van der Waals surface area contributed by atoms with Gasteiger partial charge in [0.05, 0.1) is 47.2 Å². The van der Waals surface area contributed by atoms with Gasteiger partial charge in [-0.25, -0.2) is 13.4 Å². The second kappa shape index (κ2) is 14.7. The van der Waals surface area contributed by atoms with Crippen molar-refractivity contribution < 1.29 is 35.9 Å². The summed E-state index contributed by atoms with van der Waals surface area (Å²) in [7, 11) is -1.79. The van der Waals surface area contributed by atoms with Crippen LogP contribution in [0.3, 0.4) is 0 Å². The number of amides is 1. The number of anilines is 1. The Balaban J connectivity index is 1.58. The number of carbonyl (C=O) groups is 1. The number of halogens is 3. The number of alkyl halides is 3. The summed E-state index contributed by atoms with van der Waals surface area (Å²) in [5, 5.41) is 6.18. The van der Waals surface area contributed by atoms with E-state index in [-0.39, 0.29) is 46.1 Å². The van der Waals surface area contributed by atoms with Crippen LogP contribution in [0.25, 0.3) is 11.0 Å². The van der Waals surface area contributed by atoms with Crippen LogP contribution in [0.4, 0.5) is 18.9 Å². The molecule has 3 aromatic rings. The zero-order chi connectivity index (χ0) is 33.6. The minimum atomic E-state index is -4.49. The number of likely N-dealkylation sites (tertiary alicyclic amines) is 1. The number of fused-ring (bicyclic) bond motifs is 1. The molecule has 1 amide bonds. The van der Waals surface area contributed by atoms with Gasteiger partial charge in [0.25, 0.3) is 5.91 Å². The first-order chi connectivity index (χ1) is 21.6. The molecule has 4 rings (SSSR count). The molecular formula is C32H40F3N5O5S. The van der Waals surface area contributed by atoms with Crippen LogP contribution < -0.4 is 15.4 Å². The molecule has 10 nitrogen and oxygen atoms in total. The van der Waals surface area contributed by atoms with Crippen molar-refractivity contribution in [2.45, 2.75) is 57.0 Å². The Labute approximate surface area is 267 Å². The molecule has 1 fully saturated rings. The molecule has 2 heterocycles. The summed E-state index contributed by atoms with van der Waals surface area (Å²) in [5.41, 5.74) is 1.33. The lowest BCUT2D eigenvalue weighted by atomic mass is 9.93. The van der Waals surface area contributed by atoms with Gasteiger partial charge in [0.15, 0.2) is 9.84 Å². The first-order valence-electron chi connectivity index (χ1n) is 15.0. The van der Waals surface area contributed by atoms with E-state index in [1.165, 1.54) is 18.2 Å². The van der Waals surface area contributed by atoms with Crippen LogP contribution in [0.2, 0.25) is 0 Å². The van der Waals surface area contributed by atoms with Crippen molar-refractivity contribution in [3.8, 4) is 17.6 Å². The van der Waals surface area contributed by atoms with Gasteiger partial charge in [0, 0.05) is 50.7 Å². The number of nitrogens with zero attached hydrogens (tertiary/aromatic N) is 3. The summed E-state index contributed by atoms with van der Waals surface area (Å²) in [6.07, 6.45) is -1.79. The largest absolute Gasteiger partial charge is 0.489 e. The Bertz CT molecular complexity index is 1710. The summed E-state index contributed by atoms with van der Waals surface area (Å²) < 4.78 is 76.1. The zero-order valence-electron chi connectivity index (χ0n) is 26.6. The van der Waals surface area contributed by atoms with Crippen LogP contribution in [0.1, 0.15) is 43.1 Å². The highest BCUT2D eigenvalue weighted by atomic mass is 32.2. The van der Waals surface area contributed by atoms with E-state index in [0.29, 0.717) is 23.6 Å². The number of aromatic nitrogens is 2. The van der Waals surface area contributed by atoms with Crippen molar-refractivity contribution in [2.24, 2.45) is 5.92 Å². The van der Waals surface area contributed by atoms with E-state index < -0.39 is 28.5 Å². The Morgan fingerprint density at radius 3 is 2.63 bits per heavy atom. The number of hydrogen-bond donors (Lipinski definition) is 2. The monoisotopic (exact) mass is 663 g/mol. The van der Waals surface area contributed by atoms with E-state index in [1.54, 1.807) is 19.2 Å². The number of nitrogens with one attached hydrogen (secondary N) is 2. The minimum Gasteiger partial charge on any atom is -0.489 e. The Kier molecular flexibility index (Phi) is 11.2. The Morgan fingerprint density at radius 2 is 1.98 bits per heavy atom. The molecule has 2 aromatic carbocycles. The van der Waals surface area contributed by atoms with Crippen LogP contribution in [-0.2, 0) is 21.1 Å². The lowest BCUT2D eigenvalue weighted by Crippen LogP contribution is -2.50. The summed E-state index contributed by atoms with van der Waals surface area (Å²) in [5.74, 6) is 5.96. The highest BCUT2D eigenvalue weighted by molar-refractivity contribution is 7.90. The second-order valence-electron chi connectivity index (χ2n) is 11.8. The fourth-order valence-corrected chi connectivity index (χ4v) is 6.00. The number of piperidine rings is 1. The van der Waals surface area contributed by atoms with Crippen molar-refractivity contribution in [1.82, 2.24) is 19.8 Å². The summed E-state index contributed by atoms with van der Waals surface area (Å²) in [6, 6.07) is 7.40. The molecule has 1 aliphatic rings. The molecule has 1 saturated heterocycles. The third-order valence-electron chi connectivity index (χ3n) is 7.58. The SMILES string of the molecule is COCCN1CC[C@H](NC(=O)c2cc(C#CCNc3ccc(S(C)(=O)=O)cc3OC(C)C)cc3c2ncn3CC(F)(F)F)[C@@H](C)C1. The van der Waals surface area contributed by atoms with E-state index in [9.17, 15) is 26.4 Å². The molecule has 2 N–H and O–H groups in total. The van der Waals surface area contributed by atoms with Crippen molar-refractivity contribution in [1.29, 1.82) is 0 Å². The highest BCUT2D eigenvalue weighted by Gasteiger charge is 2.31. The molecule has 46 heavy (non-hydrogen) atoms. The number of hydrogen-bond acceptors (Lipinski definition) is 8. The van der Waals surface area contributed by atoms with E-state index in [4.69, 9.17) is 9.47 Å². The smallest absolute Gasteiger partial charge is 0.406 e. The highest BCUT2D eigenvalue weighted by Crippen LogP contribution is 2.29. The quantitative estimate of drug-likeness (QED) is 0.292. The minimum absolute atomic E-state index is 0.104. The van der Waals surface area contributed by atoms with Crippen LogP contribution in [0, 0.1) is 17.8 Å². The third-order valence-corrected chi connectivity index (χ3v) is 8.69. The summed E-state index contributed by atoms with van der Waals surface area (Å²) >= 11 is 0. The molecular weight excluding hydrogens is 623 g/mol. The average molecular weight is 664 g/mol. The average Bonchev–Trinajstić information content (AvgIpc) is 3.35. The maximum absolute atomic E-state index is 13.6. The number of rotatable bonds is 11. The van der Waals surface area contributed by atoms with E-state index in [0.717, 1.165) is 43.2 Å². The maximum Gasteiger partial charge on any atom is 0.406 e. The predicted molar refractivity (Wildman–Crippen MR) is 170 cm³/mol. The lowest BCUT2D eigenvalue weighted by Gasteiger charge is -2.37. The lowest BCUT2D eigenvalue weighted by molar-refractivity contribution is -0.139. The van der Waals surface area contributed by atoms with Crippen LogP contribution in [0.15, 0.2) is 41.6 Å². The standard InChI is InChI=1S/C32H40F3N5O5S/c1-21(2)45-29-17-24(46(5,42)43)8-9-27(29)36-11-6-7-23-15-25(30-28(16-23)40(20-37-30)19-32(33,34)35)31(41)38-26-10-12-39(13-14-44-4)18-22(26)3/h8-9,15-17,20-22,26,36H,10-14,18-19H2,1-5H3,(H,38,41)/t22-,26-/m0/s1. The molecule has 14 heteroatoms. The van der Waals surface area contributed by atoms with Gasteiger partial charge in [-0.1, -0.05) is 18.8 Å². The number of sulfone groups is 1. The third kappa shape index (κ3) is 9.37. The van der Waals surface area contributed by atoms with Gasteiger partial charge < -0.3 is 29.6 Å². The van der Waals surface area contributed by atoms with Gasteiger partial charge in [-0.15, -0.1) is 0 Å². The fraction of sp³-hybridized carbons (Fsp3) is 0.500. The van der Waals surface area contributed by atoms with Gasteiger partial charge in [-0.05, 0) is 50.5 Å². The fourth-order valence-electron chi connectivity index (χ4n) is 5.36. The first kappa shape index (κ1) is 35.1. The van der Waals surface area contributed by atoms with Crippen molar-refractivity contribution in [3.05, 3.63) is 47.8 Å². The second-order valence-corrected chi connectivity index (χ2v) is 13.8. The van der Waals surface area contributed by atoms with Gasteiger partial charge in [0.1, 0.15) is 17.8 Å². The molecule has 1 aromatic heterocycles. The predicted octanol–water partition coefficient (Wildman–Crippen LogP) is 4.34. The van der Waals surface area contributed by atoms with Crippen molar-refractivity contribution >= 4 is 32.5 Å². The zero-order valence-corrected chi connectivity index (χ0v) is 27.4. The Hall–Kier alpha value is -3.80. The number of ether oxygens (including phenoxy) is 2. The normalized spacial score (nSPS) is 17.5. The van der Waals surface area contributed by atoms with Crippen molar-refractivity contribution in [3.63, 3.8) is 0 Å². The van der Waals surface area contributed by atoms with Gasteiger partial charge in [-0.2, -0.15) is 13.2 Å². The number of benzene rings is 2. The molecule has 0 radical (unpaired) electrons. The summed E-state index contributed by atoms with van der Waals surface area (Å²) in [4.78, 5) is 20.1. The number of carbonyl (C=O) groups excluding carboxylic acids is 1. The van der Waals surface area contributed by atoms with E-state index in [1.807, 2.05) is 13.8 Å². The van der Waals surface area contributed by atoms with Crippen LogP contribution in [0.5, 0.6) is 5.75 Å². The number of methoxy groups -OCH3 is 1. The van der Waals surface area contributed by atoms with E-state index in [2.05, 4.69) is 39.3 Å². The first-order valence-corrected chi connectivity index (χ1v) is 16.8. The van der Waals surface area contributed by atoms with Gasteiger partial charge >= 0.3 is 6.18 Å². The summed E-state index contributed by atoms with van der Waals surface area (Å²) in [6.45, 7) is 7.51. The van der Waals surface area contributed by atoms with Gasteiger partial charge in [0.2, 0.25) is 0 Å². The maximum atomic E-state index is 13.6. The Morgan fingerprint density at radius 1 is 1.22 bits per heavy atom. The molecule has 1 aliphatic heterocycles. The molecule has 0 aliphatic carbocycles.